The van der Waals surface area contributed by atoms with Crippen molar-refractivity contribution in [3.8, 4) is 0 Å². The molecule has 0 bridgehead atoms. The van der Waals surface area contributed by atoms with Crippen molar-refractivity contribution in [2.45, 2.75) is 19.8 Å². The second kappa shape index (κ2) is 4.39. The van der Waals surface area contributed by atoms with Gasteiger partial charge in [-0.1, -0.05) is 25.4 Å². The van der Waals surface area contributed by atoms with Gasteiger partial charge in [-0.05, 0) is 0 Å². The molecule has 0 aliphatic rings. The zero-order valence-electron chi connectivity index (χ0n) is 8.61. The predicted octanol–water partition coefficient (Wildman–Crippen LogP) is 2.20. The first-order valence-electron chi connectivity index (χ1n) is 4.37. The molecule has 6 nitrogen and oxygen atoms in total. The lowest BCUT2D eigenvalue weighted by atomic mass is 10.2. The van der Waals surface area contributed by atoms with E-state index in [0.717, 1.165) is 0 Å². The highest BCUT2D eigenvalue weighted by atomic mass is 35.5. The molecule has 0 amide bonds. The van der Waals surface area contributed by atoms with Crippen LogP contribution in [0.25, 0.3) is 0 Å². The van der Waals surface area contributed by atoms with Crippen LogP contribution in [-0.2, 0) is 0 Å². The van der Waals surface area contributed by atoms with Gasteiger partial charge in [0, 0.05) is 13.0 Å². The molecular weight excluding hydrogens is 220 g/mol. The lowest BCUT2D eigenvalue weighted by Gasteiger charge is -2.07. The average molecular weight is 231 g/mol. The maximum Gasteiger partial charge on any atom is 0.348 e. The molecule has 0 radical (unpaired) electrons. The van der Waals surface area contributed by atoms with E-state index in [0.29, 0.717) is 5.82 Å². The molecule has 1 rings (SSSR count). The minimum Gasteiger partial charge on any atom is -0.367 e. The fraction of sp³-hybridized carbons (Fsp3) is 0.500. The van der Waals surface area contributed by atoms with Crippen molar-refractivity contribution in [3.63, 3.8) is 0 Å². The molecule has 0 fully saturated rings. The van der Waals surface area contributed by atoms with Crippen LogP contribution in [0.3, 0.4) is 0 Å². The standard InChI is InChI=1S/C8H11ClN4O2/c1-4(2)7-11-6(9)5(13(14)15)8(10-3)12-7/h4H,1-3H3,(H,10,11,12). The highest BCUT2D eigenvalue weighted by molar-refractivity contribution is 6.31. The smallest absolute Gasteiger partial charge is 0.348 e. The summed E-state index contributed by atoms with van der Waals surface area (Å²) in [5, 5.41) is 13.2. The van der Waals surface area contributed by atoms with Crippen molar-refractivity contribution < 1.29 is 4.92 Å². The highest BCUT2D eigenvalue weighted by Gasteiger charge is 2.23. The van der Waals surface area contributed by atoms with Gasteiger partial charge in [0.2, 0.25) is 11.0 Å². The number of nitrogens with zero attached hydrogens (tertiary/aromatic N) is 3. The molecule has 0 aromatic carbocycles. The number of aromatic nitrogens is 2. The molecule has 7 heteroatoms. The first-order valence-corrected chi connectivity index (χ1v) is 4.74. The second-order valence-corrected chi connectivity index (χ2v) is 3.59. The van der Waals surface area contributed by atoms with Crippen LogP contribution >= 0.6 is 11.6 Å². The second-order valence-electron chi connectivity index (χ2n) is 3.23. The SMILES string of the molecule is CNc1nc(C(C)C)nc(Cl)c1[N+](=O)[O-]. The number of halogens is 1. The van der Waals surface area contributed by atoms with E-state index in [9.17, 15) is 10.1 Å². The average Bonchev–Trinajstić information content (AvgIpc) is 2.15. The minimum absolute atomic E-state index is 0.0652. The Morgan fingerprint density at radius 3 is 2.47 bits per heavy atom. The van der Waals surface area contributed by atoms with Crippen LogP contribution < -0.4 is 5.32 Å². The van der Waals surface area contributed by atoms with E-state index in [1.54, 1.807) is 7.05 Å². The molecular formula is C8H11ClN4O2. The summed E-state index contributed by atoms with van der Waals surface area (Å²) in [5.41, 5.74) is -0.288. The van der Waals surface area contributed by atoms with E-state index < -0.39 is 4.92 Å². The van der Waals surface area contributed by atoms with Gasteiger partial charge in [-0.25, -0.2) is 9.97 Å². The molecule has 0 aliphatic carbocycles. The first kappa shape index (κ1) is 11.6. The molecule has 0 unspecified atom stereocenters. The van der Waals surface area contributed by atoms with Crippen molar-refractivity contribution in [2.24, 2.45) is 0 Å². The first-order chi connectivity index (χ1) is 6.97. The number of nitro groups is 1. The minimum atomic E-state index is -0.599. The van der Waals surface area contributed by atoms with Gasteiger partial charge in [0.25, 0.3) is 0 Å². The quantitative estimate of drug-likeness (QED) is 0.489. The topological polar surface area (TPSA) is 81.0 Å². The van der Waals surface area contributed by atoms with E-state index in [-0.39, 0.29) is 22.6 Å². The summed E-state index contributed by atoms with van der Waals surface area (Å²) in [4.78, 5) is 18.0. The number of nitrogens with one attached hydrogen (secondary N) is 1. The van der Waals surface area contributed by atoms with Crippen LogP contribution in [0.5, 0.6) is 0 Å². The van der Waals surface area contributed by atoms with Crippen LogP contribution in [0.15, 0.2) is 0 Å². The largest absolute Gasteiger partial charge is 0.367 e. The Balaban J connectivity index is 3.37. The van der Waals surface area contributed by atoms with Crippen molar-refractivity contribution in [2.75, 3.05) is 12.4 Å². The van der Waals surface area contributed by atoms with Crippen LogP contribution in [0.4, 0.5) is 11.5 Å². The van der Waals surface area contributed by atoms with Crippen molar-refractivity contribution >= 4 is 23.1 Å². The molecule has 0 atom stereocenters. The molecule has 0 aliphatic heterocycles. The van der Waals surface area contributed by atoms with Crippen molar-refractivity contribution in [1.29, 1.82) is 0 Å². The number of anilines is 1. The van der Waals surface area contributed by atoms with Crippen molar-refractivity contribution in [1.82, 2.24) is 9.97 Å². The third-order valence-electron chi connectivity index (χ3n) is 1.79. The number of rotatable bonds is 3. The summed E-state index contributed by atoms with van der Waals surface area (Å²) in [6, 6.07) is 0. The van der Waals surface area contributed by atoms with Crippen LogP contribution in [0.2, 0.25) is 5.15 Å². The van der Waals surface area contributed by atoms with Crippen LogP contribution in [-0.4, -0.2) is 21.9 Å². The summed E-state index contributed by atoms with van der Waals surface area (Å²) in [6.45, 7) is 3.77. The normalized spacial score (nSPS) is 10.5. The summed E-state index contributed by atoms with van der Waals surface area (Å²) >= 11 is 5.72. The van der Waals surface area contributed by atoms with Gasteiger partial charge in [-0.3, -0.25) is 10.1 Å². The van der Waals surface area contributed by atoms with Gasteiger partial charge < -0.3 is 5.32 Å². The van der Waals surface area contributed by atoms with E-state index in [1.165, 1.54) is 0 Å². The Hall–Kier alpha value is -1.43. The number of hydrogen-bond donors (Lipinski definition) is 1. The molecule has 0 saturated heterocycles. The van der Waals surface area contributed by atoms with Crippen molar-refractivity contribution in [3.05, 3.63) is 21.1 Å². The van der Waals surface area contributed by atoms with Crippen LogP contribution in [0, 0.1) is 10.1 Å². The van der Waals surface area contributed by atoms with Crippen LogP contribution in [0.1, 0.15) is 25.6 Å². The maximum absolute atomic E-state index is 10.7. The molecule has 1 heterocycles. The Kier molecular flexibility index (Phi) is 3.41. The van der Waals surface area contributed by atoms with Gasteiger partial charge >= 0.3 is 5.69 Å². The van der Waals surface area contributed by atoms with Gasteiger partial charge in [0.05, 0.1) is 4.92 Å². The Labute approximate surface area is 91.8 Å². The third kappa shape index (κ3) is 2.33. The maximum atomic E-state index is 10.7. The zero-order valence-corrected chi connectivity index (χ0v) is 9.37. The molecule has 0 saturated carbocycles. The molecule has 1 aromatic heterocycles. The van der Waals surface area contributed by atoms with Gasteiger partial charge in [0.1, 0.15) is 5.82 Å². The summed E-state index contributed by atoms with van der Waals surface area (Å²) < 4.78 is 0. The van der Waals surface area contributed by atoms with E-state index in [2.05, 4.69) is 15.3 Å². The highest BCUT2D eigenvalue weighted by Crippen LogP contribution is 2.30. The molecule has 82 valence electrons. The third-order valence-corrected chi connectivity index (χ3v) is 2.06. The van der Waals surface area contributed by atoms with E-state index in [1.807, 2.05) is 13.8 Å². The lowest BCUT2D eigenvalue weighted by Crippen LogP contribution is -2.06. The molecule has 15 heavy (non-hydrogen) atoms. The summed E-state index contributed by atoms with van der Waals surface area (Å²) in [6.07, 6.45) is 0. The Morgan fingerprint density at radius 1 is 1.47 bits per heavy atom. The number of hydrogen-bond acceptors (Lipinski definition) is 5. The molecule has 0 spiro atoms. The summed E-state index contributed by atoms with van der Waals surface area (Å²) in [7, 11) is 1.55. The fourth-order valence-corrected chi connectivity index (χ4v) is 1.28. The van der Waals surface area contributed by atoms with Gasteiger partial charge in [-0.2, -0.15) is 0 Å². The fourth-order valence-electron chi connectivity index (χ4n) is 1.04. The molecule has 1 N–H and O–H groups in total. The Morgan fingerprint density at radius 2 is 2.07 bits per heavy atom. The zero-order chi connectivity index (χ0) is 11.6. The summed E-state index contributed by atoms with van der Waals surface area (Å²) in [5.74, 6) is 0.689. The lowest BCUT2D eigenvalue weighted by molar-refractivity contribution is -0.384. The van der Waals surface area contributed by atoms with E-state index >= 15 is 0 Å². The molecule has 1 aromatic rings. The monoisotopic (exact) mass is 230 g/mol. The Bertz CT molecular complexity index is 394. The predicted molar refractivity (Wildman–Crippen MR) is 57.3 cm³/mol. The van der Waals surface area contributed by atoms with Gasteiger partial charge in [-0.15, -0.1) is 0 Å². The van der Waals surface area contributed by atoms with Gasteiger partial charge in [0.15, 0.2) is 0 Å². The van der Waals surface area contributed by atoms with E-state index in [4.69, 9.17) is 11.6 Å².